The Kier molecular flexibility index (Phi) is 5.38. The van der Waals surface area contributed by atoms with Crippen molar-refractivity contribution in [1.82, 2.24) is 0 Å². The molecule has 0 aliphatic heterocycles. The van der Waals surface area contributed by atoms with Gasteiger partial charge in [0, 0.05) is 17.4 Å². The molecule has 3 nitrogen and oxygen atoms in total. The van der Waals surface area contributed by atoms with E-state index in [1.54, 1.807) is 12.1 Å². The first-order chi connectivity index (χ1) is 7.52. The van der Waals surface area contributed by atoms with Crippen LogP contribution in [0.4, 0.5) is 5.69 Å². The number of hydrogen-bond donors (Lipinski definition) is 2. The molecule has 0 unspecified atom stereocenters. The first kappa shape index (κ1) is 13.6. The van der Waals surface area contributed by atoms with E-state index >= 15 is 0 Å². The van der Waals surface area contributed by atoms with E-state index in [4.69, 9.17) is 28.3 Å². The number of halogens is 3. The quantitative estimate of drug-likeness (QED) is 0.634. The van der Waals surface area contributed by atoms with E-state index in [1.165, 1.54) is 0 Å². The molecule has 0 spiro atoms. The fourth-order valence-corrected chi connectivity index (χ4v) is 1.97. The van der Waals surface area contributed by atoms with E-state index in [-0.39, 0.29) is 6.42 Å². The summed E-state index contributed by atoms with van der Waals surface area (Å²) >= 11 is 15.2. The second kappa shape index (κ2) is 6.33. The van der Waals surface area contributed by atoms with E-state index in [0.29, 0.717) is 28.7 Å². The van der Waals surface area contributed by atoms with Gasteiger partial charge in [0.1, 0.15) is 0 Å². The third-order valence-corrected chi connectivity index (χ3v) is 3.69. The summed E-state index contributed by atoms with van der Waals surface area (Å²) in [4.78, 5) is 10.3. The number of anilines is 1. The third-order valence-electron chi connectivity index (χ3n) is 1.92. The van der Waals surface area contributed by atoms with Crippen molar-refractivity contribution >= 4 is 50.8 Å². The normalized spacial score (nSPS) is 10.2. The number of nitrogens with one attached hydrogen (secondary N) is 1. The van der Waals surface area contributed by atoms with Crippen LogP contribution in [0.15, 0.2) is 16.6 Å². The Morgan fingerprint density at radius 3 is 2.69 bits per heavy atom. The molecule has 16 heavy (non-hydrogen) atoms. The largest absolute Gasteiger partial charge is 0.481 e. The van der Waals surface area contributed by atoms with Crippen LogP contribution in [0.3, 0.4) is 0 Å². The van der Waals surface area contributed by atoms with E-state index in [0.717, 1.165) is 4.47 Å². The first-order valence-corrected chi connectivity index (χ1v) is 6.16. The van der Waals surface area contributed by atoms with Crippen LogP contribution in [0.5, 0.6) is 0 Å². The highest BCUT2D eigenvalue weighted by Gasteiger charge is 2.07. The maximum Gasteiger partial charge on any atom is 0.303 e. The molecular formula is C10H10BrCl2NO2. The van der Waals surface area contributed by atoms with Gasteiger partial charge >= 0.3 is 5.97 Å². The van der Waals surface area contributed by atoms with Gasteiger partial charge in [0.25, 0.3) is 0 Å². The lowest BCUT2D eigenvalue weighted by molar-refractivity contribution is -0.137. The van der Waals surface area contributed by atoms with Gasteiger partial charge in [-0.1, -0.05) is 23.2 Å². The van der Waals surface area contributed by atoms with E-state index in [9.17, 15) is 4.79 Å². The molecule has 0 bridgehead atoms. The minimum Gasteiger partial charge on any atom is -0.481 e. The Labute approximate surface area is 112 Å². The van der Waals surface area contributed by atoms with Crippen LogP contribution in [0.25, 0.3) is 0 Å². The van der Waals surface area contributed by atoms with Crippen molar-refractivity contribution in [3.63, 3.8) is 0 Å². The fraction of sp³-hybridized carbons (Fsp3) is 0.300. The Bertz CT molecular complexity index is 399. The van der Waals surface area contributed by atoms with E-state index in [1.807, 2.05) is 0 Å². The number of benzene rings is 1. The predicted octanol–water partition coefficient (Wildman–Crippen LogP) is 4.03. The molecule has 0 saturated heterocycles. The van der Waals surface area contributed by atoms with Crippen LogP contribution >= 0.6 is 39.1 Å². The fourth-order valence-electron chi connectivity index (χ4n) is 1.13. The van der Waals surface area contributed by atoms with Gasteiger partial charge < -0.3 is 10.4 Å². The van der Waals surface area contributed by atoms with Crippen molar-refractivity contribution in [2.75, 3.05) is 11.9 Å². The van der Waals surface area contributed by atoms with Gasteiger partial charge in [-0.05, 0) is 34.5 Å². The van der Waals surface area contributed by atoms with Crippen molar-refractivity contribution in [2.24, 2.45) is 0 Å². The maximum atomic E-state index is 10.3. The topological polar surface area (TPSA) is 49.3 Å². The maximum absolute atomic E-state index is 10.3. The molecule has 6 heteroatoms. The summed E-state index contributed by atoms with van der Waals surface area (Å²) < 4.78 is 0.732. The molecule has 0 radical (unpaired) electrons. The molecule has 0 heterocycles. The summed E-state index contributed by atoms with van der Waals surface area (Å²) in [7, 11) is 0. The molecule has 0 saturated carbocycles. The smallest absolute Gasteiger partial charge is 0.303 e. The highest BCUT2D eigenvalue weighted by Crippen LogP contribution is 2.35. The lowest BCUT2D eigenvalue weighted by Gasteiger charge is -2.09. The summed E-state index contributed by atoms with van der Waals surface area (Å²) in [5, 5.41) is 12.4. The Morgan fingerprint density at radius 2 is 2.06 bits per heavy atom. The molecule has 0 aliphatic carbocycles. The summed E-state index contributed by atoms with van der Waals surface area (Å²) in [5.74, 6) is -0.804. The molecule has 88 valence electrons. The summed E-state index contributed by atoms with van der Waals surface area (Å²) in [6, 6.07) is 3.58. The summed E-state index contributed by atoms with van der Waals surface area (Å²) in [6.07, 6.45) is 0.675. The van der Waals surface area contributed by atoms with Gasteiger partial charge in [-0.2, -0.15) is 0 Å². The van der Waals surface area contributed by atoms with Crippen LogP contribution in [0.1, 0.15) is 12.8 Å². The van der Waals surface area contributed by atoms with Crippen molar-refractivity contribution in [2.45, 2.75) is 12.8 Å². The van der Waals surface area contributed by atoms with Crippen molar-refractivity contribution in [1.29, 1.82) is 0 Å². The highest BCUT2D eigenvalue weighted by atomic mass is 79.9. The number of carboxylic acid groups (broad SMARTS) is 1. The summed E-state index contributed by atoms with van der Waals surface area (Å²) in [6.45, 7) is 0.546. The standard InChI is InChI=1S/C10H10BrCl2NO2/c11-6-3-4-7(10(13)9(6)12)14-5-1-2-8(15)16/h3-4,14H,1-2,5H2,(H,15,16). The molecule has 0 amide bonds. The van der Waals surface area contributed by atoms with Gasteiger partial charge in [0.2, 0.25) is 0 Å². The zero-order chi connectivity index (χ0) is 12.1. The SMILES string of the molecule is O=C(O)CCCNc1ccc(Br)c(Cl)c1Cl. The molecule has 1 rings (SSSR count). The average Bonchev–Trinajstić information content (AvgIpc) is 2.23. The van der Waals surface area contributed by atoms with Crippen molar-refractivity contribution in [3.8, 4) is 0 Å². The van der Waals surface area contributed by atoms with Crippen LogP contribution in [0.2, 0.25) is 10.0 Å². The van der Waals surface area contributed by atoms with Gasteiger partial charge in [-0.25, -0.2) is 0 Å². The lowest BCUT2D eigenvalue weighted by Crippen LogP contribution is -2.05. The van der Waals surface area contributed by atoms with Crippen LogP contribution in [-0.2, 0) is 4.79 Å². The second-order valence-electron chi connectivity index (χ2n) is 3.15. The van der Waals surface area contributed by atoms with Gasteiger partial charge in [-0.3, -0.25) is 4.79 Å². The van der Waals surface area contributed by atoms with E-state index in [2.05, 4.69) is 21.2 Å². The van der Waals surface area contributed by atoms with Crippen LogP contribution in [-0.4, -0.2) is 17.6 Å². The van der Waals surface area contributed by atoms with Crippen molar-refractivity contribution < 1.29 is 9.90 Å². The summed E-state index contributed by atoms with van der Waals surface area (Å²) in [5.41, 5.74) is 0.709. The zero-order valence-corrected chi connectivity index (χ0v) is 11.4. The lowest BCUT2D eigenvalue weighted by atomic mass is 10.3. The van der Waals surface area contributed by atoms with Gasteiger partial charge in [-0.15, -0.1) is 0 Å². The molecule has 1 aromatic carbocycles. The Morgan fingerprint density at radius 1 is 1.38 bits per heavy atom. The van der Waals surface area contributed by atoms with E-state index < -0.39 is 5.97 Å². The molecule has 0 aromatic heterocycles. The van der Waals surface area contributed by atoms with Crippen LogP contribution < -0.4 is 5.32 Å². The molecule has 0 fully saturated rings. The molecule has 0 aliphatic rings. The number of rotatable bonds is 5. The predicted molar refractivity (Wildman–Crippen MR) is 69.5 cm³/mol. The van der Waals surface area contributed by atoms with Crippen molar-refractivity contribution in [3.05, 3.63) is 26.7 Å². The molecule has 1 aromatic rings. The molecule has 0 atom stereocenters. The minimum absolute atomic E-state index is 0.134. The van der Waals surface area contributed by atoms with Gasteiger partial charge in [0.15, 0.2) is 0 Å². The van der Waals surface area contributed by atoms with Gasteiger partial charge in [0.05, 0.1) is 15.7 Å². The Balaban J connectivity index is 2.55. The average molecular weight is 327 g/mol. The number of hydrogen-bond acceptors (Lipinski definition) is 2. The third kappa shape index (κ3) is 3.85. The zero-order valence-electron chi connectivity index (χ0n) is 8.27. The number of carbonyl (C=O) groups is 1. The number of carboxylic acids is 1. The second-order valence-corrected chi connectivity index (χ2v) is 4.76. The highest BCUT2D eigenvalue weighted by molar-refractivity contribution is 9.10. The number of aliphatic carboxylic acids is 1. The minimum atomic E-state index is -0.804. The first-order valence-electron chi connectivity index (χ1n) is 4.61. The van der Waals surface area contributed by atoms with Crippen LogP contribution in [0, 0.1) is 0 Å². The molecule has 2 N–H and O–H groups in total. The Hall–Kier alpha value is -0.450. The monoisotopic (exact) mass is 325 g/mol. The molecular weight excluding hydrogens is 317 g/mol.